The van der Waals surface area contributed by atoms with Gasteiger partial charge in [0.15, 0.2) is 0 Å². The molecule has 0 unspecified atom stereocenters. The summed E-state index contributed by atoms with van der Waals surface area (Å²) in [6.45, 7) is 3.34. The first-order valence-corrected chi connectivity index (χ1v) is 6.99. The number of hydrogen-bond donors (Lipinski definition) is 0. The summed E-state index contributed by atoms with van der Waals surface area (Å²) >= 11 is 5.71. The maximum Gasteiger partial charge on any atom is 0.147 e. The van der Waals surface area contributed by atoms with Crippen LogP contribution in [0.4, 0.5) is 5.82 Å². The number of anilines is 1. The lowest BCUT2D eigenvalue weighted by molar-refractivity contribution is 0.284. The molecule has 1 aromatic rings. The summed E-state index contributed by atoms with van der Waals surface area (Å²) in [5, 5.41) is 0. The minimum absolute atomic E-state index is 0.429. The fourth-order valence-electron chi connectivity index (χ4n) is 2.44. The third-order valence-corrected chi connectivity index (χ3v) is 3.66. The van der Waals surface area contributed by atoms with Crippen molar-refractivity contribution in [2.75, 3.05) is 38.6 Å². The molecule has 0 aliphatic carbocycles. The highest BCUT2D eigenvalue weighted by atomic mass is 35.5. The van der Waals surface area contributed by atoms with Crippen molar-refractivity contribution in [3.63, 3.8) is 0 Å². The monoisotopic (exact) mass is 268 g/mol. The highest BCUT2D eigenvalue weighted by molar-refractivity contribution is 6.16. The molecule has 0 bridgehead atoms. The van der Waals surface area contributed by atoms with Crippen LogP contribution < -0.4 is 4.90 Å². The van der Waals surface area contributed by atoms with Gasteiger partial charge in [-0.25, -0.2) is 4.98 Å². The maximum absolute atomic E-state index is 5.71. The SMILES string of the molecule is CN(C)CC1CCN(c2cnc(CCl)cn2)CC1. The first-order chi connectivity index (χ1) is 8.69. The molecule has 5 heteroatoms. The van der Waals surface area contributed by atoms with Crippen LogP contribution in [0.1, 0.15) is 18.5 Å². The summed E-state index contributed by atoms with van der Waals surface area (Å²) in [5.41, 5.74) is 0.836. The van der Waals surface area contributed by atoms with Gasteiger partial charge in [-0.05, 0) is 32.9 Å². The first-order valence-electron chi connectivity index (χ1n) is 6.45. The minimum atomic E-state index is 0.429. The highest BCUT2D eigenvalue weighted by Gasteiger charge is 2.20. The number of hydrogen-bond acceptors (Lipinski definition) is 4. The molecule has 0 N–H and O–H groups in total. The molecule has 0 saturated carbocycles. The van der Waals surface area contributed by atoms with E-state index in [4.69, 9.17) is 11.6 Å². The van der Waals surface area contributed by atoms with E-state index in [1.54, 1.807) is 6.20 Å². The second-order valence-electron chi connectivity index (χ2n) is 5.19. The van der Waals surface area contributed by atoms with Crippen LogP contribution in [0.2, 0.25) is 0 Å². The van der Waals surface area contributed by atoms with E-state index >= 15 is 0 Å². The Morgan fingerprint density at radius 1 is 1.28 bits per heavy atom. The van der Waals surface area contributed by atoms with Crippen LogP contribution >= 0.6 is 11.6 Å². The topological polar surface area (TPSA) is 32.3 Å². The molecule has 18 heavy (non-hydrogen) atoms. The Labute approximate surface area is 114 Å². The Morgan fingerprint density at radius 2 is 2.00 bits per heavy atom. The quantitative estimate of drug-likeness (QED) is 0.782. The van der Waals surface area contributed by atoms with Crippen molar-refractivity contribution < 1.29 is 0 Å². The van der Waals surface area contributed by atoms with E-state index in [0.717, 1.165) is 30.5 Å². The van der Waals surface area contributed by atoms with E-state index in [-0.39, 0.29) is 0 Å². The number of nitrogens with zero attached hydrogens (tertiary/aromatic N) is 4. The molecule has 100 valence electrons. The Bertz CT molecular complexity index is 358. The van der Waals surface area contributed by atoms with Crippen LogP contribution in [0, 0.1) is 5.92 Å². The van der Waals surface area contributed by atoms with Crippen LogP contribution in [-0.4, -0.2) is 48.6 Å². The van der Waals surface area contributed by atoms with Gasteiger partial charge in [0.05, 0.1) is 24.0 Å². The lowest BCUT2D eigenvalue weighted by Crippen LogP contribution is -2.37. The standard InChI is InChI=1S/C13H21ClN4/c1-17(2)10-11-3-5-18(6-4-11)13-9-15-12(7-14)8-16-13/h8-9,11H,3-7,10H2,1-2H3. The smallest absolute Gasteiger partial charge is 0.147 e. The predicted molar refractivity (Wildman–Crippen MR) is 75.1 cm³/mol. The third-order valence-electron chi connectivity index (χ3n) is 3.39. The van der Waals surface area contributed by atoms with Crippen molar-refractivity contribution in [2.45, 2.75) is 18.7 Å². The van der Waals surface area contributed by atoms with Gasteiger partial charge < -0.3 is 9.80 Å². The molecule has 0 radical (unpaired) electrons. The lowest BCUT2D eigenvalue weighted by atomic mass is 9.96. The average molecular weight is 269 g/mol. The zero-order valence-corrected chi connectivity index (χ0v) is 11.9. The van der Waals surface area contributed by atoms with E-state index in [1.807, 2.05) is 6.20 Å². The predicted octanol–water partition coefficient (Wildman–Crippen LogP) is 1.99. The van der Waals surface area contributed by atoms with E-state index in [0.29, 0.717) is 5.88 Å². The molecule has 1 saturated heterocycles. The zero-order valence-electron chi connectivity index (χ0n) is 11.1. The summed E-state index contributed by atoms with van der Waals surface area (Å²) < 4.78 is 0. The fourth-order valence-corrected chi connectivity index (χ4v) is 2.58. The highest BCUT2D eigenvalue weighted by Crippen LogP contribution is 2.21. The normalized spacial score (nSPS) is 17.4. The van der Waals surface area contributed by atoms with Gasteiger partial charge in [0.25, 0.3) is 0 Å². The lowest BCUT2D eigenvalue weighted by Gasteiger charge is -2.33. The number of piperidine rings is 1. The fraction of sp³-hybridized carbons (Fsp3) is 0.692. The summed E-state index contributed by atoms with van der Waals surface area (Å²) in [7, 11) is 4.28. The molecule has 0 atom stereocenters. The Morgan fingerprint density at radius 3 is 2.50 bits per heavy atom. The molecule has 0 amide bonds. The molecule has 2 rings (SSSR count). The van der Waals surface area contributed by atoms with Crippen LogP contribution in [0.5, 0.6) is 0 Å². The molecule has 2 heterocycles. The van der Waals surface area contributed by atoms with Gasteiger partial charge in [-0.3, -0.25) is 4.98 Å². The van der Waals surface area contributed by atoms with Crippen LogP contribution in [0.25, 0.3) is 0 Å². The maximum atomic E-state index is 5.71. The van der Waals surface area contributed by atoms with E-state index < -0.39 is 0 Å². The van der Waals surface area contributed by atoms with Gasteiger partial charge >= 0.3 is 0 Å². The summed E-state index contributed by atoms with van der Waals surface area (Å²) in [4.78, 5) is 13.3. The minimum Gasteiger partial charge on any atom is -0.355 e. The Balaban J connectivity index is 1.88. The van der Waals surface area contributed by atoms with Gasteiger partial charge in [-0.1, -0.05) is 0 Å². The number of rotatable bonds is 4. The summed E-state index contributed by atoms with van der Waals surface area (Å²) in [6, 6.07) is 0. The Kier molecular flexibility index (Phi) is 4.78. The zero-order chi connectivity index (χ0) is 13.0. The first kappa shape index (κ1) is 13.6. The Hall–Kier alpha value is -0.870. The molecule has 1 fully saturated rings. The van der Waals surface area contributed by atoms with Crippen molar-refractivity contribution in [3.8, 4) is 0 Å². The van der Waals surface area contributed by atoms with Crippen LogP contribution in [0.3, 0.4) is 0 Å². The van der Waals surface area contributed by atoms with Crippen molar-refractivity contribution in [1.29, 1.82) is 0 Å². The molecule has 1 aromatic heterocycles. The van der Waals surface area contributed by atoms with Crippen molar-refractivity contribution in [1.82, 2.24) is 14.9 Å². The second-order valence-corrected chi connectivity index (χ2v) is 5.46. The number of alkyl halides is 1. The van der Waals surface area contributed by atoms with Gasteiger partial charge in [-0.15, -0.1) is 11.6 Å². The van der Waals surface area contributed by atoms with Gasteiger partial charge in [0.2, 0.25) is 0 Å². The molecule has 4 nitrogen and oxygen atoms in total. The van der Waals surface area contributed by atoms with Crippen molar-refractivity contribution in [3.05, 3.63) is 18.1 Å². The van der Waals surface area contributed by atoms with Crippen molar-refractivity contribution >= 4 is 17.4 Å². The third kappa shape index (κ3) is 3.56. The number of aromatic nitrogens is 2. The van der Waals surface area contributed by atoms with Crippen LogP contribution in [-0.2, 0) is 5.88 Å². The largest absolute Gasteiger partial charge is 0.355 e. The molecular weight excluding hydrogens is 248 g/mol. The molecule has 1 aliphatic rings. The summed E-state index contributed by atoms with van der Waals surface area (Å²) in [5.74, 6) is 2.22. The molecular formula is C13H21ClN4. The molecule has 0 aromatic carbocycles. The van der Waals surface area contributed by atoms with E-state index in [2.05, 4.69) is 33.9 Å². The van der Waals surface area contributed by atoms with Crippen LogP contribution in [0.15, 0.2) is 12.4 Å². The second kappa shape index (κ2) is 6.34. The molecule has 0 spiro atoms. The average Bonchev–Trinajstić information content (AvgIpc) is 2.39. The summed E-state index contributed by atoms with van der Waals surface area (Å²) in [6.07, 6.45) is 6.08. The van der Waals surface area contributed by atoms with Gasteiger partial charge in [0.1, 0.15) is 5.82 Å². The van der Waals surface area contributed by atoms with Gasteiger partial charge in [-0.2, -0.15) is 0 Å². The molecule has 1 aliphatic heterocycles. The van der Waals surface area contributed by atoms with E-state index in [9.17, 15) is 0 Å². The van der Waals surface area contributed by atoms with Gasteiger partial charge in [0, 0.05) is 19.6 Å². The van der Waals surface area contributed by atoms with E-state index in [1.165, 1.54) is 19.4 Å². The number of halogens is 1. The van der Waals surface area contributed by atoms with Crippen molar-refractivity contribution in [2.24, 2.45) is 5.92 Å².